The number of amides is 1. The Morgan fingerprint density at radius 2 is 1.90 bits per heavy atom. The highest BCUT2D eigenvalue weighted by Crippen LogP contribution is 2.46. The van der Waals surface area contributed by atoms with E-state index in [0.29, 0.717) is 12.3 Å². The van der Waals surface area contributed by atoms with Gasteiger partial charge >= 0.3 is 0 Å². The number of H-pyrrole nitrogens is 1. The van der Waals surface area contributed by atoms with Gasteiger partial charge in [-0.15, -0.1) is 11.3 Å². The summed E-state index contributed by atoms with van der Waals surface area (Å²) < 4.78 is 6.53. The molecule has 3 heterocycles. The normalized spacial score (nSPS) is 15.5. The molecule has 7 heteroatoms. The summed E-state index contributed by atoms with van der Waals surface area (Å²) in [5.41, 5.74) is 4.04. The van der Waals surface area contributed by atoms with Gasteiger partial charge in [0.2, 0.25) is 0 Å². The van der Waals surface area contributed by atoms with Crippen LogP contribution in [0.4, 0.5) is 5.69 Å². The highest BCUT2D eigenvalue weighted by atomic mass is 79.9. The van der Waals surface area contributed by atoms with E-state index in [1.54, 1.807) is 11.3 Å². The van der Waals surface area contributed by atoms with Crippen LogP contribution in [0.1, 0.15) is 33.9 Å². The van der Waals surface area contributed by atoms with Crippen molar-refractivity contribution in [3.05, 3.63) is 86.7 Å². The second-order valence-corrected chi connectivity index (χ2v) is 8.78. The van der Waals surface area contributed by atoms with Crippen LogP contribution in [0.15, 0.2) is 70.5 Å². The zero-order chi connectivity index (χ0) is 20.7. The Kier molecular flexibility index (Phi) is 4.92. The van der Waals surface area contributed by atoms with Crippen LogP contribution in [0.2, 0.25) is 0 Å². The van der Waals surface area contributed by atoms with Crippen LogP contribution in [-0.2, 0) is 0 Å². The Labute approximate surface area is 186 Å². The van der Waals surface area contributed by atoms with Crippen molar-refractivity contribution in [1.82, 2.24) is 10.2 Å². The van der Waals surface area contributed by atoms with E-state index in [-0.39, 0.29) is 11.9 Å². The van der Waals surface area contributed by atoms with Crippen molar-refractivity contribution >= 4 is 38.9 Å². The molecule has 1 aliphatic heterocycles. The molecule has 0 radical (unpaired) electrons. The van der Waals surface area contributed by atoms with Gasteiger partial charge in [0.05, 0.1) is 12.3 Å². The lowest BCUT2D eigenvalue weighted by molar-refractivity contribution is 0.0989. The fourth-order valence-corrected chi connectivity index (χ4v) is 4.91. The number of thiophene rings is 1. The first-order chi connectivity index (χ1) is 14.7. The van der Waals surface area contributed by atoms with Crippen molar-refractivity contribution < 1.29 is 9.53 Å². The lowest BCUT2D eigenvalue weighted by Crippen LogP contribution is -2.28. The molecule has 0 bridgehead atoms. The number of carbonyl (C=O) groups excluding carboxylic acids is 1. The third kappa shape index (κ3) is 3.14. The quantitative estimate of drug-likeness (QED) is 0.379. The van der Waals surface area contributed by atoms with Gasteiger partial charge in [-0.2, -0.15) is 5.10 Å². The molecule has 0 spiro atoms. The van der Waals surface area contributed by atoms with Gasteiger partial charge in [-0.05, 0) is 66.9 Å². The minimum absolute atomic E-state index is 0.0737. The Morgan fingerprint density at radius 3 is 2.57 bits per heavy atom. The molecule has 0 aliphatic carbocycles. The predicted molar refractivity (Wildman–Crippen MR) is 122 cm³/mol. The Hall–Kier alpha value is -2.90. The molecule has 0 unspecified atom stereocenters. The second kappa shape index (κ2) is 7.74. The molecule has 1 aliphatic rings. The maximum absolute atomic E-state index is 13.4. The number of nitrogens with one attached hydrogen (secondary N) is 1. The van der Waals surface area contributed by atoms with Crippen LogP contribution in [0.5, 0.6) is 5.75 Å². The predicted octanol–water partition coefficient (Wildman–Crippen LogP) is 6.05. The van der Waals surface area contributed by atoms with E-state index in [4.69, 9.17) is 4.74 Å². The Balaban J connectivity index is 1.64. The molecule has 5 nitrogen and oxygen atoms in total. The summed E-state index contributed by atoms with van der Waals surface area (Å²) in [4.78, 5) is 16.3. The molecular formula is C23H18BrN3O2S. The minimum atomic E-state index is -0.228. The van der Waals surface area contributed by atoms with Crippen molar-refractivity contribution in [3.8, 4) is 17.0 Å². The second-order valence-electron chi connectivity index (χ2n) is 6.89. The number of aromatic amines is 1. The number of hydrogen-bond donors (Lipinski definition) is 1. The van der Waals surface area contributed by atoms with Crippen LogP contribution in [0.25, 0.3) is 11.3 Å². The van der Waals surface area contributed by atoms with Gasteiger partial charge in [-0.1, -0.05) is 22.0 Å². The zero-order valence-corrected chi connectivity index (χ0v) is 18.5. The molecule has 0 fully saturated rings. The number of hydrogen-bond acceptors (Lipinski definition) is 4. The first kappa shape index (κ1) is 19.1. The van der Waals surface area contributed by atoms with Crippen LogP contribution in [0.3, 0.4) is 0 Å². The Morgan fingerprint density at radius 1 is 1.13 bits per heavy atom. The van der Waals surface area contributed by atoms with Crippen LogP contribution in [0, 0.1) is 0 Å². The monoisotopic (exact) mass is 479 g/mol. The number of anilines is 1. The van der Waals surface area contributed by atoms with Gasteiger partial charge in [-0.25, -0.2) is 0 Å². The van der Waals surface area contributed by atoms with Gasteiger partial charge in [0, 0.05) is 26.2 Å². The molecule has 1 atom stereocenters. The summed E-state index contributed by atoms with van der Waals surface area (Å²) in [5.74, 6) is 0.742. The minimum Gasteiger partial charge on any atom is -0.494 e. The summed E-state index contributed by atoms with van der Waals surface area (Å²) in [6.45, 7) is 2.58. The standard InChI is InChI=1S/C23H18BrN3O2S/c1-2-29-17-11-5-14(6-12-17)20-19-21(26-25-20)23(28)27(16-9-7-15(24)8-10-16)22(19)18-4-3-13-30-18/h3-13,22H,2H2,1H3,(H,25,26)/t22-/m0/s1. The van der Waals surface area contributed by atoms with Crippen LogP contribution in [-0.4, -0.2) is 22.7 Å². The van der Waals surface area contributed by atoms with Gasteiger partial charge in [0.1, 0.15) is 17.5 Å². The highest BCUT2D eigenvalue weighted by molar-refractivity contribution is 9.10. The van der Waals surface area contributed by atoms with Crippen molar-refractivity contribution in [2.24, 2.45) is 0 Å². The van der Waals surface area contributed by atoms with E-state index < -0.39 is 0 Å². The number of carbonyl (C=O) groups is 1. The smallest absolute Gasteiger partial charge is 0.277 e. The number of ether oxygens (including phenoxy) is 1. The van der Waals surface area contributed by atoms with Gasteiger partial charge in [-0.3, -0.25) is 14.8 Å². The molecule has 1 N–H and O–H groups in total. The summed E-state index contributed by atoms with van der Waals surface area (Å²) >= 11 is 5.11. The van der Waals surface area contributed by atoms with Gasteiger partial charge in [0.25, 0.3) is 5.91 Å². The van der Waals surface area contributed by atoms with Crippen molar-refractivity contribution in [3.63, 3.8) is 0 Å². The molecule has 2 aromatic heterocycles. The number of benzene rings is 2. The third-order valence-electron chi connectivity index (χ3n) is 5.12. The SMILES string of the molecule is CCOc1ccc(-c2n[nH]c3c2[C@H](c2cccs2)N(c2ccc(Br)cc2)C3=O)cc1. The van der Waals surface area contributed by atoms with Gasteiger partial charge in [0.15, 0.2) is 0 Å². The van der Waals surface area contributed by atoms with Crippen molar-refractivity contribution in [1.29, 1.82) is 0 Å². The highest BCUT2D eigenvalue weighted by Gasteiger charge is 2.43. The average molecular weight is 480 g/mol. The van der Waals surface area contributed by atoms with E-state index in [0.717, 1.165) is 37.6 Å². The number of aromatic nitrogens is 2. The number of fused-ring (bicyclic) bond motifs is 1. The molecule has 1 amide bonds. The Bertz CT molecular complexity index is 1180. The van der Waals surface area contributed by atoms with E-state index in [9.17, 15) is 4.79 Å². The number of nitrogens with zero attached hydrogens (tertiary/aromatic N) is 2. The third-order valence-corrected chi connectivity index (χ3v) is 6.58. The van der Waals surface area contributed by atoms with E-state index in [1.165, 1.54) is 0 Å². The number of rotatable bonds is 5. The van der Waals surface area contributed by atoms with E-state index >= 15 is 0 Å². The topological polar surface area (TPSA) is 58.2 Å². The molecule has 0 saturated heterocycles. The lowest BCUT2D eigenvalue weighted by atomic mass is 10.0. The summed E-state index contributed by atoms with van der Waals surface area (Å²) in [6.07, 6.45) is 0. The average Bonchev–Trinajstić information content (AvgIpc) is 3.48. The molecule has 5 rings (SSSR count). The van der Waals surface area contributed by atoms with Crippen LogP contribution < -0.4 is 9.64 Å². The van der Waals surface area contributed by atoms with Gasteiger partial charge < -0.3 is 4.74 Å². The maximum atomic E-state index is 13.4. The van der Waals surface area contributed by atoms with E-state index in [2.05, 4.69) is 32.2 Å². The van der Waals surface area contributed by atoms with E-state index in [1.807, 2.05) is 71.8 Å². The molecule has 4 aromatic rings. The van der Waals surface area contributed by atoms with Crippen molar-refractivity contribution in [2.45, 2.75) is 13.0 Å². The summed E-state index contributed by atoms with van der Waals surface area (Å²) in [5, 5.41) is 9.56. The lowest BCUT2D eigenvalue weighted by Gasteiger charge is -2.25. The number of halogens is 1. The zero-order valence-electron chi connectivity index (χ0n) is 16.1. The summed E-state index contributed by atoms with van der Waals surface area (Å²) in [6, 6.07) is 19.5. The van der Waals surface area contributed by atoms with Crippen LogP contribution >= 0.6 is 27.3 Å². The first-order valence-electron chi connectivity index (χ1n) is 9.61. The molecule has 150 valence electrons. The molecular weight excluding hydrogens is 462 g/mol. The first-order valence-corrected chi connectivity index (χ1v) is 11.3. The van der Waals surface area contributed by atoms with Crippen molar-refractivity contribution in [2.75, 3.05) is 11.5 Å². The molecule has 0 saturated carbocycles. The molecule has 30 heavy (non-hydrogen) atoms. The fourth-order valence-electron chi connectivity index (χ4n) is 3.83. The molecule has 2 aromatic carbocycles. The summed E-state index contributed by atoms with van der Waals surface area (Å²) in [7, 11) is 0. The fraction of sp³-hybridized carbons (Fsp3) is 0.130. The maximum Gasteiger partial charge on any atom is 0.277 e. The largest absolute Gasteiger partial charge is 0.494 e.